The van der Waals surface area contributed by atoms with Crippen molar-refractivity contribution in [1.82, 2.24) is 0 Å². The van der Waals surface area contributed by atoms with Crippen molar-refractivity contribution in [3.63, 3.8) is 0 Å². The molecule has 92 valence electrons. The van der Waals surface area contributed by atoms with Gasteiger partial charge in [0.15, 0.2) is 0 Å². The zero-order valence-corrected chi connectivity index (χ0v) is 10.1. The van der Waals surface area contributed by atoms with Gasteiger partial charge in [0.1, 0.15) is 5.69 Å². The van der Waals surface area contributed by atoms with E-state index in [2.05, 4.69) is 10.2 Å². The van der Waals surface area contributed by atoms with Gasteiger partial charge in [-0.05, 0) is 30.7 Å². The maximum absolute atomic E-state index is 5.93. The highest BCUT2D eigenvalue weighted by atomic mass is 15.1. The Labute approximate surface area is 105 Å². The first-order valence-electron chi connectivity index (χ1n) is 5.50. The zero-order chi connectivity index (χ0) is 13.1. The Morgan fingerprint density at radius 2 is 1.56 bits per heavy atom. The maximum Gasteiger partial charge on any atom is 0.132 e. The molecule has 0 bridgehead atoms. The normalized spacial score (nSPS) is 10.9. The summed E-state index contributed by atoms with van der Waals surface area (Å²) < 4.78 is 0. The molecule has 2 aromatic carbocycles. The molecule has 0 aliphatic carbocycles. The van der Waals surface area contributed by atoms with Crippen LogP contribution in [0.1, 0.15) is 5.56 Å². The molecule has 0 amide bonds. The maximum atomic E-state index is 5.93. The van der Waals surface area contributed by atoms with Crippen LogP contribution in [0.5, 0.6) is 0 Å². The van der Waals surface area contributed by atoms with E-state index < -0.39 is 0 Å². The van der Waals surface area contributed by atoms with Gasteiger partial charge in [-0.1, -0.05) is 18.2 Å². The van der Waals surface area contributed by atoms with Crippen LogP contribution < -0.4 is 17.2 Å². The quantitative estimate of drug-likeness (QED) is 0.555. The molecule has 0 unspecified atom stereocenters. The van der Waals surface area contributed by atoms with Crippen molar-refractivity contribution in [2.75, 3.05) is 17.2 Å². The van der Waals surface area contributed by atoms with Crippen LogP contribution in [0.25, 0.3) is 0 Å². The van der Waals surface area contributed by atoms with Gasteiger partial charge >= 0.3 is 0 Å². The summed E-state index contributed by atoms with van der Waals surface area (Å²) in [6.45, 7) is 1.83. The van der Waals surface area contributed by atoms with Crippen LogP contribution in [-0.2, 0) is 0 Å². The third-order valence-corrected chi connectivity index (χ3v) is 2.70. The van der Waals surface area contributed by atoms with Crippen LogP contribution in [0, 0.1) is 6.92 Å². The van der Waals surface area contributed by atoms with Crippen LogP contribution in [0.4, 0.5) is 28.4 Å². The summed E-state index contributed by atoms with van der Waals surface area (Å²) in [6.07, 6.45) is 0. The lowest BCUT2D eigenvalue weighted by Gasteiger charge is -2.09. The standard InChI is InChI=1S/C13H15N5/c1-8-10(14)7-11(15)13(12(8)16)18-17-9-5-3-2-4-6-9/h2-7H,14-16H2,1H3. The number of benzene rings is 2. The van der Waals surface area contributed by atoms with E-state index in [4.69, 9.17) is 17.2 Å². The predicted molar refractivity (Wildman–Crippen MR) is 75.0 cm³/mol. The molecule has 0 atom stereocenters. The Hall–Kier alpha value is -2.56. The number of hydrogen-bond acceptors (Lipinski definition) is 5. The van der Waals surface area contributed by atoms with Gasteiger partial charge in [0, 0.05) is 5.69 Å². The van der Waals surface area contributed by atoms with Gasteiger partial charge in [-0.3, -0.25) is 0 Å². The van der Waals surface area contributed by atoms with Crippen LogP contribution in [0.2, 0.25) is 0 Å². The van der Waals surface area contributed by atoms with Crippen molar-refractivity contribution in [3.05, 3.63) is 42.0 Å². The van der Waals surface area contributed by atoms with E-state index >= 15 is 0 Å². The minimum atomic E-state index is 0.426. The molecule has 0 saturated heterocycles. The van der Waals surface area contributed by atoms with Crippen molar-refractivity contribution in [2.24, 2.45) is 10.2 Å². The molecule has 0 aliphatic heterocycles. The summed E-state index contributed by atoms with van der Waals surface area (Å²) >= 11 is 0. The van der Waals surface area contributed by atoms with Crippen LogP contribution >= 0.6 is 0 Å². The molecular formula is C13H15N5. The second kappa shape index (κ2) is 4.75. The molecule has 0 aromatic heterocycles. The Balaban J connectivity index is 2.41. The molecule has 0 aliphatic rings. The van der Waals surface area contributed by atoms with Crippen LogP contribution in [-0.4, -0.2) is 0 Å². The average molecular weight is 241 g/mol. The van der Waals surface area contributed by atoms with Gasteiger partial charge in [0.05, 0.1) is 17.1 Å². The van der Waals surface area contributed by atoms with Gasteiger partial charge in [-0.2, -0.15) is 5.11 Å². The zero-order valence-electron chi connectivity index (χ0n) is 10.1. The van der Waals surface area contributed by atoms with Crippen molar-refractivity contribution in [1.29, 1.82) is 0 Å². The molecule has 0 radical (unpaired) electrons. The van der Waals surface area contributed by atoms with E-state index in [-0.39, 0.29) is 0 Å². The molecule has 6 N–H and O–H groups in total. The Morgan fingerprint density at radius 1 is 0.889 bits per heavy atom. The largest absolute Gasteiger partial charge is 0.398 e. The number of nitrogen functional groups attached to an aromatic ring is 3. The Morgan fingerprint density at radius 3 is 2.22 bits per heavy atom. The van der Waals surface area contributed by atoms with Gasteiger partial charge in [0.25, 0.3) is 0 Å². The van der Waals surface area contributed by atoms with Crippen LogP contribution in [0.15, 0.2) is 46.6 Å². The third kappa shape index (κ3) is 2.24. The molecule has 2 rings (SSSR count). The highest BCUT2D eigenvalue weighted by molar-refractivity contribution is 5.84. The summed E-state index contributed by atoms with van der Waals surface area (Å²) in [5.41, 5.74) is 21.0. The summed E-state index contributed by atoms with van der Waals surface area (Å²) in [4.78, 5) is 0. The van der Waals surface area contributed by atoms with Crippen molar-refractivity contribution >= 4 is 28.4 Å². The molecule has 5 heteroatoms. The van der Waals surface area contributed by atoms with E-state index in [1.165, 1.54) is 0 Å². The van der Waals surface area contributed by atoms with Gasteiger partial charge in [-0.25, -0.2) is 0 Å². The molecule has 0 fully saturated rings. The summed E-state index contributed by atoms with van der Waals surface area (Å²) in [7, 11) is 0. The molecule has 18 heavy (non-hydrogen) atoms. The summed E-state index contributed by atoms with van der Waals surface area (Å²) in [6, 6.07) is 11.0. The second-order valence-corrected chi connectivity index (χ2v) is 3.98. The topological polar surface area (TPSA) is 103 Å². The first-order valence-corrected chi connectivity index (χ1v) is 5.50. The predicted octanol–water partition coefficient (Wildman–Crippen LogP) is 3.16. The summed E-state index contributed by atoms with van der Waals surface area (Å²) in [5.74, 6) is 0. The van der Waals surface area contributed by atoms with Crippen molar-refractivity contribution in [2.45, 2.75) is 6.92 Å². The lowest BCUT2D eigenvalue weighted by Crippen LogP contribution is -1.99. The number of nitrogens with two attached hydrogens (primary N) is 3. The summed E-state index contributed by atoms with van der Waals surface area (Å²) in [5, 5.41) is 8.19. The minimum absolute atomic E-state index is 0.426. The first-order chi connectivity index (χ1) is 8.59. The lowest BCUT2D eigenvalue weighted by atomic mass is 10.1. The number of anilines is 3. The van der Waals surface area contributed by atoms with E-state index in [1.807, 2.05) is 37.3 Å². The Kier molecular flexibility index (Phi) is 3.14. The van der Waals surface area contributed by atoms with E-state index in [0.717, 1.165) is 11.3 Å². The molecule has 0 saturated carbocycles. The average Bonchev–Trinajstić information content (AvgIpc) is 2.37. The number of hydrogen-bond donors (Lipinski definition) is 3. The Bertz CT molecular complexity index is 590. The van der Waals surface area contributed by atoms with E-state index in [9.17, 15) is 0 Å². The molecule has 5 nitrogen and oxygen atoms in total. The number of nitrogens with zero attached hydrogens (tertiary/aromatic N) is 2. The van der Waals surface area contributed by atoms with Crippen molar-refractivity contribution < 1.29 is 0 Å². The third-order valence-electron chi connectivity index (χ3n) is 2.70. The molecular weight excluding hydrogens is 226 g/mol. The SMILES string of the molecule is Cc1c(N)cc(N)c(N=Nc2ccccc2)c1N. The molecule has 0 heterocycles. The van der Waals surface area contributed by atoms with Crippen molar-refractivity contribution in [3.8, 4) is 0 Å². The minimum Gasteiger partial charge on any atom is -0.398 e. The monoisotopic (exact) mass is 241 g/mol. The fourth-order valence-electron chi connectivity index (χ4n) is 1.55. The van der Waals surface area contributed by atoms with E-state index in [0.29, 0.717) is 22.7 Å². The highest BCUT2D eigenvalue weighted by Crippen LogP contribution is 2.36. The highest BCUT2D eigenvalue weighted by Gasteiger charge is 2.09. The molecule has 2 aromatic rings. The second-order valence-electron chi connectivity index (χ2n) is 3.98. The fraction of sp³-hybridized carbons (Fsp3) is 0.0769. The van der Waals surface area contributed by atoms with Crippen LogP contribution in [0.3, 0.4) is 0 Å². The van der Waals surface area contributed by atoms with Gasteiger partial charge in [0.2, 0.25) is 0 Å². The number of rotatable bonds is 2. The van der Waals surface area contributed by atoms with Gasteiger partial charge in [-0.15, -0.1) is 5.11 Å². The first kappa shape index (κ1) is 11.9. The smallest absolute Gasteiger partial charge is 0.132 e. The molecule has 0 spiro atoms. The fourth-order valence-corrected chi connectivity index (χ4v) is 1.55. The van der Waals surface area contributed by atoms with Gasteiger partial charge < -0.3 is 17.2 Å². The lowest BCUT2D eigenvalue weighted by molar-refractivity contribution is 1.23. The van der Waals surface area contributed by atoms with E-state index in [1.54, 1.807) is 6.07 Å². The number of azo groups is 1.